The van der Waals surface area contributed by atoms with E-state index < -0.39 is 4.92 Å². The molecule has 1 N–H and O–H groups in total. The first-order chi connectivity index (χ1) is 11.3. The van der Waals surface area contributed by atoms with Gasteiger partial charge in [0.1, 0.15) is 6.20 Å². The van der Waals surface area contributed by atoms with Crippen molar-refractivity contribution in [2.75, 3.05) is 5.32 Å². The van der Waals surface area contributed by atoms with E-state index >= 15 is 0 Å². The number of hydrogen-bond acceptors (Lipinski definition) is 5. The van der Waals surface area contributed by atoms with Gasteiger partial charge in [-0.15, -0.1) is 0 Å². The molecule has 2 aromatic heterocycles. The molecule has 8 heteroatoms. The van der Waals surface area contributed by atoms with Gasteiger partial charge in [0, 0.05) is 42.4 Å². The molecule has 0 saturated carbocycles. The van der Waals surface area contributed by atoms with Crippen LogP contribution >= 0.6 is 0 Å². The third-order valence-corrected chi connectivity index (χ3v) is 2.46. The number of rotatable bonds is 2. The predicted octanol–water partition coefficient (Wildman–Crippen LogP) is 4.08. The summed E-state index contributed by atoms with van der Waals surface area (Å²) < 4.78 is 0. The monoisotopic (exact) mass is 383 g/mol. The van der Waals surface area contributed by atoms with Crippen molar-refractivity contribution in [3.8, 4) is 0 Å². The number of nitrogens with one attached hydrogen (secondary N) is 1. The second kappa shape index (κ2) is 13.1. The van der Waals surface area contributed by atoms with Gasteiger partial charge in [-0.1, -0.05) is 34.6 Å². The molecule has 2 heterocycles. The van der Waals surface area contributed by atoms with E-state index in [0.29, 0.717) is 0 Å². The van der Waals surface area contributed by atoms with Crippen LogP contribution in [0.1, 0.15) is 34.6 Å². The zero-order valence-corrected chi connectivity index (χ0v) is 16.5. The number of pyridine rings is 2. The van der Waals surface area contributed by atoms with Gasteiger partial charge in [0.05, 0.1) is 16.8 Å². The first-order valence-electron chi connectivity index (χ1n) is 7.56. The molecule has 0 aliphatic heterocycles. The van der Waals surface area contributed by atoms with Crippen LogP contribution in [0.15, 0.2) is 49.1 Å². The Morgan fingerprint density at radius 3 is 1.92 bits per heavy atom. The van der Waals surface area contributed by atoms with Gasteiger partial charge in [-0.25, -0.2) is 0 Å². The Kier molecular flexibility index (Phi) is 13.1. The Labute approximate surface area is 160 Å². The minimum atomic E-state index is -0.479. The molecule has 0 aliphatic rings. The maximum Gasteiger partial charge on any atom is 0.287 e. The Hall–Kier alpha value is -2.25. The SMILES string of the molecule is CC.CC(C)(C)C(=O)Nc1cccnc1.O=[N+]([O-])c1cccnc1.[V]. The van der Waals surface area contributed by atoms with E-state index in [9.17, 15) is 14.9 Å². The van der Waals surface area contributed by atoms with E-state index in [1.54, 1.807) is 18.5 Å². The second-order valence-corrected chi connectivity index (χ2v) is 5.41. The average molecular weight is 383 g/mol. The van der Waals surface area contributed by atoms with Crippen LogP contribution in [0.25, 0.3) is 0 Å². The third-order valence-electron chi connectivity index (χ3n) is 2.46. The van der Waals surface area contributed by atoms with Crippen LogP contribution < -0.4 is 5.32 Å². The smallest absolute Gasteiger partial charge is 0.287 e. The van der Waals surface area contributed by atoms with Gasteiger partial charge in [-0.05, 0) is 18.2 Å². The average Bonchev–Trinajstić information content (AvgIpc) is 2.58. The Balaban J connectivity index is 0. The minimum absolute atomic E-state index is 0. The fraction of sp³-hybridized carbons (Fsp3) is 0.353. The number of hydrogen-bond donors (Lipinski definition) is 1. The van der Waals surface area contributed by atoms with Gasteiger partial charge in [0.2, 0.25) is 5.91 Å². The summed E-state index contributed by atoms with van der Waals surface area (Å²) in [6.45, 7) is 9.62. The van der Waals surface area contributed by atoms with Crippen molar-refractivity contribution in [1.82, 2.24) is 9.97 Å². The van der Waals surface area contributed by atoms with Crippen LogP contribution in [-0.2, 0) is 23.4 Å². The van der Waals surface area contributed by atoms with Crippen LogP contribution in [0, 0.1) is 15.5 Å². The molecule has 25 heavy (non-hydrogen) atoms. The topological polar surface area (TPSA) is 98.0 Å². The van der Waals surface area contributed by atoms with Crippen LogP contribution in [0.4, 0.5) is 11.4 Å². The summed E-state index contributed by atoms with van der Waals surface area (Å²) in [6.07, 6.45) is 6.00. The summed E-state index contributed by atoms with van der Waals surface area (Å²) >= 11 is 0. The standard InChI is InChI=1S/C10H14N2O.C5H4N2O2.C2H6.V/c1-10(2,3)9(13)12-8-5-4-6-11-7-8;8-7(9)5-2-1-3-6-4-5;1-2;/h4-7H,1-3H3,(H,12,13);1-4H;1-2H3;. The van der Waals surface area contributed by atoms with Crippen molar-refractivity contribution < 1.29 is 28.3 Å². The maximum absolute atomic E-state index is 11.5. The van der Waals surface area contributed by atoms with Crippen molar-refractivity contribution >= 4 is 17.3 Å². The normalized spacial score (nSPS) is 9.16. The summed E-state index contributed by atoms with van der Waals surface area (Å²) in [6, 6.07) is 6.53. The summed E-state index contributed by atoms with van der Waals surface area (Å²) in [4.78, 5) is 28.5. The van der Waals surface area contributed by atoms with E-state index in [1.165, 1.54) is 24.5 Å². The van der Waals surface area contributed by atoms with E-state index in [4.69, 9.17) is 0 Å². The van der Waals surface area contributed by atoms with Crippen molar-refractivity contribution in [3.63, 3.8) is 0 Å². The molecule has 2 aromatic rings. The number of nitro groups is 1. The Morgan fingerprint density at radius 1 is 1.08 bits per heavy atom. The van der Waals surface area contributed by atoms with Crippen LogP contribution in [0.2, 0.25) is 0 Å². The molecule has 0 aliphatic carbocycles. The largest absolute Gasteiger partial charge is 0.324 e. The van der Waals surface area contributed by atoms with Gasteiger partial charge >= 0.3 is 0 Å². The second-order valence-electron chi connectivity index (χ2n) is 5.41. The van der Waals surface area contributed by atoms with Gasteiger partial charge in [-0.2, -0.15) is 0 Å². The molecule has 2 rings (SSSR count). The van der Waals surface area contributed by atoms with Gasteiger partial charge in [0.25, 0.3) is 5.69 Å². The van der Waals surface area contributed by atoms with Gasteiger partial charge < -0.3 is 5.32 Å². The quantitative estimate of drug-likeness (QED) is 0.622. The molecule has 0 unspecified atom stereocenters. The van der Waals surface area contributed by atoms with E-state index in [1.807, 2.05) is 40.7 Å². The van der Waals surface area contributed by atoms with Crippen molar-refractivity contribution in [1.29, 1.82) is 0 Å². The molecule has 0 spiro atoms. The summed E-state index contributed by atoms with van der Waals surface area (Å²) in [5.41, 5.74) is 0.399. The van der Waals surface area contributed by atoms with Gasteiger partial charge in [0.15, 0.2) is 0 Å². The number of carbonyl (C=O) groups is 1. The van der Waals surface area contributed by atoms with Crippen molar-refractivity contribution in [2.45, 2.75) is 34.6 Å². The molecule has 0 atom stereocenters. The summed E-state index contributed by atoms with van der Waals surface area (Å²) in [5, 5.41) is 12.7. The first-order valence-corrected chi connectivity index (χ1v) is 7.56. The van der Waals surface area contributed by atoms with Crippen LogP contribution in [-0.4, -0.2) is 20.8 Å². The Bertz CT molecular complexity index is 617. The van der Waals surface area contributed by atoms with Crippen molar-refractivity contribution in [3.05, 3.63) is 59.2 Å². The van der Waals surface area contributed by atoms with E-state index in [2.05, 4.69) is 15.3 Å². The number of aromatic nitrogens is 2. The zero-order chi connectivity index (χ0) is 18.6. The fourth-order valence-electron chi connectivity index (χ4n) is 1.22. The van der Waals surface area contributed by atoms with E-state index in [0.717, 1.165) is 5.69 Å². The molecule has 1 amide bonds. The zero-order valence-electron chi connectivity index (χ0n) is 15.1. The molecule has 0 aromatic carbocycles. The molecule has 0 fully saturated rings. The molecular formula is C17H24N4O3V. The number of carbonyl (C=O) groups excluding carboxylic acids is 1. The predicted molar refractivity (Wildman–Crippen MR) is 94.6 cm³/mol. The third kappa shape index (κ3) is 11.0. The fourth-order valence-corrected chi connectivity index (χ4v) is 1.22. The molecule has 0 bridgehead atoms. The number of nitrogens with zero attached hydrogens (tertiary/aromatic N) is 3. The summed E-state index contributed by atoms with van der Waals surface area (Å²) in [5.74, 6) is 0.000463. The summed E-state index contributed by atoms with van der Waals surface area (Å²) in [7, 11) is 0. The molecule has 7 nitrogen and oxygen atoms in total. The van der Waals surface area contributed by atoms with Crippen molar-refractivity contribution in [2.24, 2.45) is 5.41 Å². The molecule has 0 saturated heterocycles. The minimum Gasteiger partial charge on any atom is -0.324 e. The molecule has 1 radical (unpaired) electrons. The first kappa shape index (κ1) is 25.0. The van der Waals surface area contributed by atoms with Crippen LogP contribution in [0.5, 0.6) is 0 Å². The molecule has 135 valence electrons. The number of amides is 1. The molecular weight excluding hydrogens is 359 g/mol. The Morgan fingerprint density at radius 2 is 1.60 bits per heavy atom. The van der Waals surface area contributed by atoms with E-state index in [-0.39, 0.29) is 35.6 Å². The maximum atomic E-state index is 11.5. The van der Waals surface area contributed by atoms with Gasteiger partial charge in [-0.3, -0.25) is 24.9 Å². The number of anilines is 1. The van der Waals surface area contributed by atoms with Crippen LogP contribution in [0.3, 0.4) is 0 Å².